The standard InChI is InChI=1S/C39H24N4OS/c1-3-11-25(12-4-1)37-40-38(26-13-5-2-6-14-26)42-39(41-37)27-19-21-29-30-24-28(20-22-33(30)44-34(29)23-27)43-31-15-7-9-17-35(31)45-36-18-10-8-16-32(36)43/h1-24H. The van der Waals surface area contributed by atoms with Crippen molar-refractivity contribution in [3.8, 4) is 34.2 Å². The number of hydrogen-bond donors (Lipinski definition) is 0. The fourth-order valence-electron chi connectivity index (χ4n) is 5.96. The van der Waals surface area contributed by atoms with Gasteiger partial charge in [-0.3, -0.25) is 0 Å². The molecule has 0 amide bonds. The van der Waals surface area contributed by atoms with Gasteiger partial charge in [0.05, 0.1) is 11.4 Å². The van der Waals surface area contributed by atoms with Gasteiger partial charge in [0.15, 0.2) is 17.5 Å². The molecule has 1 aliphatic rings. The molecule has 0 radical (unpaired) electrons. The van der Waals surface area contributed by atoms with Gasteiger partial charge in [-0.05, 0) is 54.6 Å². The summed E-state index contributed by atoms with van der Waals surface area (Å²) in [4.78, 5) is 19.5. The number of furan rings is 1. The minimum atomic E-state index is 0.602. The van der Waals surface area contributed by atoms with Gasteiger partial charge < -0.3 is 9.32 Å². The second-order valence-corrected chi connectivity index (χ2v) is 12.0. The Bertz CT molecular complexity index is 2270. The van der Waals surface area contributed by atoms with Crippen molar-refractivity contribution in [1.29, 1.82) is 0 Å². The third kappa shape index (κ3) is 4.46. The minimum Gasteiger partial charge on any atom is -0.456 e. The van der Waals surface area contributed by atoms with Crippen LogP contribution in [0.3, 0.4) is 0 Å². The number of fused-ring (bicyclic) bond motifs is 5. The molecule has 5 nitrogen and oxygen atoms in total. The van der Waals surface area contributed by atoms with Crippen molar-refractivity contribution in [3.63, 3.8) is 0 Å². The molecule has 8 aromatic rings. The van der Waals surface area contributed by atoms with Gasteiger partial charge in [0.25, 0.3) is 0 Å². The highest BCUT2D eigenvalue weighted by Crippen LogP contribution is 2.51. The van der Waals surface area contributed by atoms with Gasteiger partial charge in [0, 0.05) is 42.9 Å². The minimum absolute atomic E-state index is 0.602. The molecule has 0 atom stereocenters. The summed E-state index contributed by atoms with van der Waals surface area (Å²) in [6.45, 7) is 0. The molecule has 9 rings (SSSR count). The van der Waals surface area contributed by atoms with Crippen LogP contribution in [0.2, 0.25) is 0 Å². The molecule has 0 N–H and O–H groups in total. The maximum atomic E-state index is 6.43. The van der Waals surface area contributed by atoms with E-state index in [-0.39, 0.29) is 0 Å². The zero-order chi connectivity index (χ0) is 29.7. The van der Waals surface area contributed by atoms with Crippen LogP contribution >= 0.6 is 11.8 Å². The molecule has 6 aromatic carbocycles. The molecule has 0 bridgehead atoms. The highest BCUT2D eigenvalue weighted by atomic mass is 32.2. The van der Waals surface area contributed by atoms with E-state index in [0.29, 0.717) is 17.5 Å². The zero-order valence-corrected chi connectivity index (χ0v) is 24.8. The monoisotopic (exact) mass is 596 g/mol. The Morgan fingerprint density at radius 3 is 1.62 bits per heavy atom. The van der Waals surface area contributed by atoms with E-state index in [1.165, 1.54) is 21.2 Å². The van der Waals surface area contributed by atoms with Crippen LogP contribution in [0.15, 0.2) is 160 Å². The summed E-state index contributed by atoms with van der Waals surface area (Å²) in [7, 11) is 0. The number of hydrogen-bond acceptors (Lipinski definition) is 6. The summed E-state index contributed by atoms with van der Waals surface area (Å²) >= 11 is 1.81. The summed E-state index contributed by atoms with van der Waals surface area (Å²) in [5, 5.41) is 2.11. The summed E-state index contributed by atoms with van der Waals surface area (Å²) in [5.74, 6) is 1.87. The largest absolute Gasteiger partial charge is 0.456 e. The molecule has 0 saturated carbocycles. The Morgan fingerprint density at radius 1 is 0.444 bits per heavy atom. The second kappa shape index (κ2) is 10.5. The van der Waals surface area contributed by atoms with Gasteiger partial charge in [-0.2, -0.15) is 0 Å². The Hall–Kier alpha value is -5.72. The lowest BCUT2D eigenvalue weighted by Crippen LogP contribution is -2.14. The van der Waals surface area contributed by atoms with Crippen LogP contribution in [0.4, 0.5) is 17.1 Å². The van der Waals surface area contributed by atoms with E-state index >= 15 is 0 Å². The molecular weight excluding hydrogens is 573 g/mol. The Balaban J connectivity index is 1.17. The zero-order valence-electron chi connectivity index (χ0n) is 24.0. The lowest BCUT2D eigenvalue weighted by molar-refractivity contribution is 0.669. The number of nitrogens with zero attached hydrogens (tertiary/aromatic N) is 4. The van der Waals surface area contributed by atoms with Gasteiger partial charge in [0.2, 0.25) is 0 Å². The highest BCUT2D eigenvalue weighted by molar-refractivity contribution is 7.99. The van der Waals surface area contributed by atoms with Crippen LogP contribution in [0, 0.1) is 0 Å². The number of benzene rings is 6. The molecule has 1 aliphatic heterocycles. The lowest BCUT2D eigenvalue weighted by atomic mass is 10.1. The average molecular weight is 597 g/mol. The van der Waals surface area contributed by atoms with Gasteiger partial charge >= 0.3 is 0 Å². The first-order valence-corrected chi connectivity index (χ1v) is 15.6. The van der Waals surface area contributed by atoms with Crippen molar-refractivity contribution < 1.29 is 4.42 Å². The van der Waals surface area contributed by atoms with Gasteiger partial charge in [-0.25, -0.2) is 15.0 Å². The fraction of sp³-hybridized carbons (Fsp3) is 0. The van der Waals surface area contributed by atoms with E-state index < -0.39 is 0 Å². The van der Waals surface area contributed by atoms with Crippen LogP contribution in [0.25, 0.3) is 56.1 Å². The average Bonchev–Trinajstić information content (AvgIpc) is 3.48. The third-order valence-corrected chi connectivity index (χ3v) is 9.23. The maximum absolute atomic E-state index is 6.43. The van der Waals surface area contributed by atoms with Crippen LogP contribution in [-0.2, 0) is 0 Å². The summed E-state index contributed by atoms with van der Waals surface area (Å²) in [6.07, 6.45) is 0. The molecule has 212 valence electrons. The molecule has 0 saturated heterocycles. The molecule has 2 aromatic heterocycles. The molecule has 6 heteroatoms. The van der Waals surface area contributed by atoms with E-state index in [1.54, 1.807) is 0 Å². The predicted molar refractivity (Wildman–Crippen MR) is 182 cm³/mol. The quantitative estimate of drug-likeness (QED) is 0.201. The molecule has 0 fully saturated rings. The normalized spacial score (nSPS) is 12.3. The summed E-state index contributed by atoms with van der Waals surface area (Å²) in [6, 6.07) is 49.8. The Morgan fingerprint density at radius 2 is 1.00 bits per heavy atom. The van der Waals surface area contributed by atoms with Gasteiger partial charge in [-0.15, -0.1) is 0 Å². The molecule has 3 heterocycles. The van der Waals surface area contributed by atoms with Gasteiger partial charge in [-0.1, -0.05) is 103 Å². The first-order chi connectivity index (χ1) is 22.3. The van der Waals surface area contributed by atoms with Crippen LogP contribution in [-0.4, -0.2) is 15.0 Å². The van der Waals surface area contributed by atoms with Crippen LogP contribution in [0.5, 0.6) is 0 Å². The first kappa shape index (κ1) is 25.7. The third-order valence-electron chi connectivity index (χ3n) is 8.10. The number of para-hydroxylation sites is 2. The maximum Gasteiger partial charge on any atom is 0.164 e. The molecule has 0 aliphatic carbocycles. The van der Waals surface area contributed by atoms with Crippen molar-refractivity contribution in [2.75, 3.05) is 4.90 Å². The van der Waals surface area contributed by atoms with Crippen molar-refractivity contribution in [1.82, 2.24) is 15.0 Å². The van der Waals surface area contributed by atoms with E-state index in [0.717, 1.165) is 44.3 Å². The van der Waals surface area contributed by atoms with E-state index in [4.69, 9.17) is 19.4 Å². The summed E-state index contributed by atoms with van der Waals surface area (Å²) in [5.41, 5.74) is 7.82. The topological polar surface area (TPSA) is 55.1 Å². The van der Waals surface area contributed by atoms with E-state index in [2.05, 4.69) is 83.8 Å². The number of rotatable bonds is 4. The molecule has 0 unspecified atom stereocenters. The van der Waals surface area contributed by atoms with Crippen LogP contribution < -0.4 is 4.90 Å². The lowest BCUT2D eigenvalue weighted by Gasteiger charge is -2.32. The van der Waals surface area contributed by atoms with Crippen LogP contribution in [0.1, 0.15) is 0 Å². The molecule has 45 heavy (non-hydrogen) atoms. The van der Waals surface area contributed by atoms with Crippen molar-refractivity contribution >= 4 is 50.8 Å². The Labute approximate surface area is 263 Å². The van der Waals surface area contributed by atoms with Crippen molar-refractivity contribution in [2.24, 2.45) is 0 Å². The van der Waals surface area contributed by atoms with Crippen molar-refractivity contribution in [3.05, 3.63) is 146 Å². The Kier molecular flexibility index (Phi) is 5.99. The second-order valence-electron chi connectivity index (χ2n) is 10.9. The highest BCUT2D eigenvalue weighted by Gasteiger charge is 2.25. The fourth-order valence-corrected chi connectivity index (χ4v) is 7.02. The van der Waals surface area contributed by atoms with Gasteiger partial charge in [0.1, 0.15) is 11.2 Å². The van der Waals surface area contributed by atoms with E-state index in [9.17, 15) is 0 Å². The first-order valence-electron chi connectivity index (χ1n) is 14.8. The SMILES string of the molecule is c1ccc(-c2nc(-c3ccccc3)nc(-c3ccc4c(c3)oc3ccc(N5c6ccccc6Sc6ccccc65)cc34)n2)cc1. The summed E-state index contributed by atoms with van der Waals surface area (Å²) < 4.78 is 6.43. The molecule has 0 spiro atoms. The number of anilines is 3. The van der Waals surface area contributed by atoms with Crippen molar-refractivity contribution in [2.45, 2.75) is 9.79 Å². The van der Waals surface area contributed by atoms with E-state index in [1.807, 2.05) is 78.5 Å². The number of aromatic nitrogens is 3. The smallest absolute Gasteiger partial charge is 0.164 e. The molecular formula is C39H24N4OS. The predicted octanol–water partition coefficient (Wildman–Crippen LogP) is 10.7.